The van der Waals surface area contributed by atoms with Gasteiger partial charge in [-0.2, -0.15) is 11.8 Å². The SMILES string of the molecule is CC(C)CC(=O)C1CCSCCCC(=O)C1. The molecule has 1 unspecified atom stereocenters. The van der Waals surface area contributed by atoms with Crippen LogP contribution in [0.15, 0.2) is 0 Å². The van der Waals surface area contributed by atoms with Gasteiger partial charge in [0.25, 0.3) is 0 Å². The van der Waals surface area contributed by atoms with Crippen molar-refractivity contribution in [2.45, 2.75) is 46.0 Å². The molecule has 0 aromatic carbocycles. The smallest absolute Gasteiger partial charge is 0.136 e. The van der Waals surface area contributed by atoms with E-state index in [1.165, 1.54) is 0 Å². The molecule has 1 atom stereocenters. The summed E-state index contributed by atoms with van der Waals surface area (Å²) in [4.78, 5) is 23.6. The highest BCUT2D eigenvalue weighted by Gasteiger charge is 2.22. The number of hydrogen-bond acceptors (Lipinski definition) is 3. The van der Waals surface area contributed by atoms with Gasteiger partial charge in [-0.05, 0) is 30.3 Å². The molecule has 1 saturated heterocycles. The third-order valence-electron chi connectivity index (χ3n) is 2.89. The normalized spacial score (nSPS) is 23.7. The standard InChI is InChI=1S/C13H22O2S/c1-10(2)8-13(15)11-5-7-16-6-3-4-12(14)9-11/h10-11H,3-9H2,1-2H3. The minimum Gasteiger partial charge on any atom is -0.300 e. The molecular weight excluding hydrogens is 220 g/mol. The molecule has 1 fully saturated rings. The molecule has 1 rings (SSSR count). The van der Waals surface area contributed by atoms with Crippen molar-refractivity contribution in [2.75, 3.05) is 11.5 Å². The van der Waals surface area contributed by atoms with Crippen LogP contribution in [0, 0.1) is 11.8 Å². The predicted octanol–water partition coefficient (Wildman–Crippen LogP) is 3.09. The van der Waals surface area contributed by atoms with Crippen molar-refractivity contribution in [3.05, 3.63) is 0 Å². The molecule has 92 valence electrons. The second kappa shape index (κ2) is 7.10. The summed E-state index contributed by atoms with van der Waals surface area (Å²) >= 11 is 1.88. The van der Waals surface area contributed by atoms with E-state index in [-0.39, 0.29) is 11.7 Å². The molecule has 2 nitrogen and oxygen atoms in total. The van der Waals surface area contributed by atoms with Gasteiger partial charge in [0.05, 0.1) is 0 Å². The van der Waals surface area contributed by atoms with Crippen LogP contribution < -0.4 is 0 Å². The minimum absolute atomic E-state index is 0.000463. The molecule has 0 N–H and O–H groups in total. The van der Waals surface area contributed by atoms with Crippen LogP contribution in [0.25, 0.3) is 0 Å². The molecule has 0 aromatic heterocycles. The lowest BCUT2D eigenvalue weighted by atomic mass is 9.89. The van der Waals surface area contributed by atoms with Gasteiger partial charge in [-0.15, -0.1) is 0 Å². The number of rotatable bonds is 3. The summed E-state index contributed by atoms with van der Waals surface area (Å²) in [7, 11) is 0. The first-order chi connectivity index (χ1) is 7.59. The third kappa shape index (κ3) is 5.15. The van der Waals surface area contributed by atoms with E-state index < -0.39 is 0 Å². The van der Waals surface area contributed by atoms with Crippen LogP contribution in [0.3, 0.4) is 0 Å². The summed E-state index contributed by atoms with van der Waals surface area (Å²) in [5.74, 6) is 3.08. The Hall–Kier alpha value is -0.310. The first-order valence-corrected chi connectivity index (χ1v) is 7.37. The van der Waals surface area contributed by atoms with E-state index in [0.717, 1.165) is 24.3 Å². The Morgan fingerprint density at radius 2 is 2.19 bits per heavy atom. The van der Waals surface area contributed by atoms with Crippen molar-refractivity contribution in [2.24, 2.45) is 11.8 Å². The van der Waals surface area contributed by atoms with Gasteiger partial charge in [-0.1, -0.05) is 13.8 Å². The highest BCUT2D eigenvalue weighted by molar-refractivity contribution is 7.99. The number of carbonyl (C=O) groups excluding carboxylic acids is 2. The van der Waals surface area contributed by atoms with Gasteiger partial charge in [0.15, 0.2) is 0 Å². The second-order valence-corrected chi connectivity index (χ2v) is 6.23. The summed E-state index contributed by atoms with van der Waals surface area (Å²) in [5, 5.41) is 0. The average molecular weight is 242 g/mol. The summed E-state index contributed by atoms with van der Waals surface area (Å²) in [5.41, 5.74) is 0. The van der Waals surface area contributed by atoms with Gasteiger partial charge in [-0.25, -0.2) is 0 Å². The summed E-state index contributed by atoms with van der Waals surface area (Å²) in [6.45, 7) is 4.12. The van der Waals surface area contributed by atoms with Gasteiger partial charge in [0, 0.05) is 25.2 Å². The van der Waals surface area contributed by atoms with Gasteiger partial charge in [0.1, 0.15) is 11.6 Å². The predicted molar refractivity (Wildman–Crippen MR) is 68.8 cm³/mol. The largest absolute Gasteiger partial charge is 0.300 e. The maximum absolute atomic E-state index is 12.0. The molecule has 0 aliphatic carbocycles. The van der Waals surface area contributed by atoms with Crippen molar-refractivity contribution >= 4 is 23.3 Å². The number of thioether (sulfide) groups is 1. The highest BCUT2D eigenvalue weighted by Crippen LogP contribution is 2.22. The van der Waals surface area contributed by atoms with Crippen molar-refractivity contribution in [1.29, 1.82) is 0 Å². The van der Waals surface area contributed by atoms with E-state index in [9.17, 15) is 9.59 Å². The Kier molecular flexibility index (Phi) is 6.10. The van der Waals surface area contributed by atoms with Crippen LogP contribution in [-0.4, -0.2) is 23.1 Å². The molecule has 0 bridgehead atoms. The van der Waals surface area contributed by atoms with Gasteiger partial charge in [-0.3, -0.25) is 9.59 Å². The van der Waals surface area contributed by atoms with Crippen molar-refractivity contribution in [3.8, 4) is 0 Å². The average Bonchev–Trinajstić information content (AvgIpc) is 2.29. The van der Waals surface area contributed by atoms with Crippen LogP contribution in [0.4, 0.5) is 0 Å². The van der Waals surface area contributed by atoms with E-state index in [1.807, 2.05) is 11.8 Å². The lowest BCUT2D eigenvalue weighted by Gasteiger charge is -2.15. The monoisotopic (exact) mass is 242 g/mol. The molecule has 0 amide bonds. The third-order valence-corrected chi connectivity index (χ3v) is 4.00. The number of ketones is 2. The number of carbonyl (C=O) groups is 2. The molecule has 1 heterocycles. The Balaban J connectivity index is 2.52. The summed E-state index contributed by atoms with van der Waals surface area (Å²) in [6, 6.07) is 0. The molecule has 0 aromatic rings. The molecule has 0 saturated carbocycles. The zero-order valence-electron chi connectivity index (χ0n) is 10.3. The number of hydrogen-bond donors (Lipinski definition) is 0. The molecular formula is C13H22O2S. The van der Waals surface area contributed by atoms with Crippen LogP contribution in [-0.2, 0) is 9.59 Å². The maximum Gasteiger partial charge on any atom is 0.136 e. The van der Waals surface area contributed by atoms with E-state index in [0.29, 0.717) is 31.0 Å². The molecule has 1 aliphatic rings. The lowest BCUT2D eigenvalue weighted by molar-refractivity contribution is -0.128. The van der Waals surface area contributed by atoms with Crippen molar-refractivity contribution in [1.82, 2.24) is 0 Å². The fourth-order valence-corrected chi connectivity index (χ4v) is 3.03. The van der Waals surface area contributed by atoms with Crippen molar-refractivity contribution in [3.63, 3.8) is 0 Å². The zero-order valence-corrected chi connectivity index (χ0v) is 11.1. The van der Waals surface area contributed by atoms with E-state index in [1.54, 1.807) is 0 Å². The Morgan fingerprint density at radius 1 is 1.44 bits per heavy atom. The van der Waals surface area contributed by atoms with Crippen LogP contribution in [0.5, 0.6) is 0 Å². The van der Waals surface area contributed by atoms with E-state index >= 15 is 0 Å². The molecule has 0 spiro atoms. The Morgan fingerprint density at radius 3 is 2.88 bits per heavy atom. The van der Waals surface area contributed by atoms with Crippen LogP contribution in [0.1, 0.15) is 46.0 Å². The van der Waals surface area contributed by atoms with Crippen LogP contribution >= 0.6 is 11.8 Å². The molecule has 3 heteroatoms. The summed E-state index contributed by atoms with van der Waals surface area (Å²) < 4.78 is 0. The second-order valence-electron chi connectivity index (χ2n) is 5.01. The fraction of sp³-hybridized carbons (Fsp3) is 0.846. The van der Waals surface area contributed by atoms with E-state index in [4.69, 9.17) is 0 Å². The van der Waals surface area contributed by atoms with Gasteiger partial charge in [0.2, 0.25) is 0 Å². The molecule has 0 radical (unpaired) electrons. The fourth-order valence-electron chi connectivity index (χ4n) is 2.02. The highest BCUT2D eigenvalue weighted by atomic mass is 32.2. The quantitative estimate of drug-likeness (QED) is 0.762. The van der Waals surface area contributed by atoms with Gasteiger partial charge >= 0.3 is 0 Å². The first-order valence-electron chi connectivity index (χ1n) is 6.21. The molecule has 1 aliphatic heterocycles. The molecule has 16 heavy (non-hydrogen) atoms. The van der Waals surface area contributed by atoms with Crippen LogP contribution in [0.2, 0.25) is 0 Å². The zero-order chi connectivity index (χ0) is 12.0. The minimum atomic E-state index is 0.000463. The maximum atomic E-state index is 12.0. The van der Waals surface area contributed by atoms with E-state index in [2.05, 4.69) is 13.8 Å². The first kappa shape index (κ1) is 13.8. The Bertz CT molecular complexity index is 248. The Labute approximate surface area is 103 Å². The lowest BCUT2D eigenvalue weighted by Crippen LogP contribution is -2.20. The summed E-state index contributed by atoms with van der Waals surface area (Å²) in [6.07, 6.45) is 3.66. The van der Waals surface area contributed by atoms with Crippen molar-refractivity contribution < 1.29 is 9.59 Å². The topological polar surface area (TPSA) is 34.1 Å². The number of Topliss-reactive ketones (excluding diaryl/α,β-unsaturated/α-hetero) is 2. The van der Waals surface area contributed by atoms with Gasteiger partial charge < -0.3 is 0 Å².